The third-order valence-corrected chi connectivity index (χ3v) is 4.54. The van der Waals surface area contributed by atoms with Gasteiger partial charge in [-0.15, -0.1) is 0 Å². The summed E-state index contributed by atoms with van der Waals surface area (Å²) in [6.45, 7) is -0.240. The molecule has 3 rings (SSSR count). The fourth-order valence-corrected chi connectivity index (χ4v) is 3.35. The predicted octanol–water partition coefficient (Wildman–Crippen LogP) is 1.09. The van der Waals surface area contributed by atoms with Crippen LogP contribution in [0.25, 0.3) is 11.2 Å². The van der Waals surface area contributed by atoms with E-state index in [9.17, 15) is 18.3 Å². The Labute approximate surface area is 144 Å². The summed E-state index contributed by atoms with van der Waals surface area (Å²) in [6, 6.07) is 0. The van der Waals surface area contributed by atoms with Crippen LogP contribution >= 0.6 is 11.8 Å². The number of aliphatic hydroxyl groups is 2. The number of imidazole rings is 1. The standard InChI is InChI=1S/C13H16F3N5O3S/c14-13(15,16)1-2-25-12-19-9(17)8-10(20-12)21(5-18-8)11-7(23)3-6(4-22)24-11/h5-7,11,22-23H,1-4H2,(H2,17,19,20)/t6?,7-,11?/m1/s1. The highest BCUT2D eigenvalue weighted by molar-refractivity contribution is 7.99. The fourth-order valence-electron chi connectivity index (χ4n) is 2.52. The van der Waals surface area contributed by atoms with Crippen LogP contribution in [0.1, 0.15) is 19.1 Å². The number of rotatable bonds is 5. The van der Waals surface area contributed by atoms with Crippen molar-refractivity contribution in [2.45, 2.75) is 42.6 Å². The molecule has 3 atom stereocenters. The molecule has 25 heavy (non-hydrogen) atoms. The van der Waals surface area contributed by atoms with Gasteiger partial charge in [-0.1, -0.05) is 11.8 Å². The molecular formula is C13H16F3N5O3S. The summed E-state index contributed by atoms with van der Waals surface area (Å²) in [7, 11) is 0. The largest absolute Gasteiger partial charge is 0.394 e. The van der Waals surface area contributed by atoms with Gasteiger partial charge >= 0.3 is 6.18 Å². The number of fused-ring (bicyclic) bond motifs is 1. The highest BCUT2D eigenvalue weighted by atomic mass is 32.2. The molecule has 0 bridgehead atoms. The molecule has 0 aliphatic carbocycles. The van der Waals surface area contributed by atoms with Crippen molar-refractivity contribution in [1.82, 2.24) is 19.5 Å². The van der Waals surface area contributed by atoms with E-state index in [2.05, 4.69) is 15.0 Å². The van der Waals surface area contributed by atoms with Crippen LogP contribution in [-0.4, -0.2) is 60.5 Å². The van der Waals surface area contributed by atoms with Crippen LogP contribution in [0.2, 0.25) is 0 Å². The number of aromatic nitrogens is 4. The van der Waals surface area contributed by atoms with Crippen molar-refractivity contribution in [3.8, 4) is 0 Å². The second-order valence-electron chi connectivity index (χ2n) is 5.56. The molecule has 1 fully saturated rings. The number of nitrogens with zero attached hydrogens (tertiary/aromatic N) is 4. The highest BCUT2D eigenvalue weighted by Crippen LogP contribution is 2.32. The summed E-state index contributed by atoms with van der Waals surface area (Å²) >= 11 is 0.830. The van der Waals surface area contributed by atoms with E-state index in [0.717, 1.165) is 11.8 Å². The minimum atomic E-state index is -4.26. The molecule has 8 nitrogen and oxygen atoms in total. The number of nitrogen functional groups attached to an aromatic ring is 1. The van der Waals surface area contributed by atoms with Crippen molar-refractivity contribution in [2.24, 2.45) is 0 Å². The van der Waals surface area contributed by atoms with Crippen LogP contribution in [-0.2, 0) is 4.74 Å². The maximum Gasteiger partial charge on any atom is 0.389 e. The van der Waals surface area contributed by atoms with E-state index >= 15 is 0 Å². The van der Waals surface area contributed by atoms with E-state index in [4.69, 9.17) is 15.6 Å². The lowest BCUT2D eigenvalue weighted by Crippen LogP contribution is -2.19. The van der Waals surface area contributed by atoms with Crippen molar-refractivity contribution in [1.29, 1.82) is 0 Å². The lowest BCUT2D eigenvalue weighted by Gasteiger charge is -2.16. The molecule has 138 valence electrons. The van der Waals surface area contributed by atoms with Crippen LogP contribution in [0, 0.1) is 0 Å². The minimum Gasteiger partial charge on any atom is -0.394 e. The van der Waals surface area contributed by atoms with Gasteiger partial charge in [0.05, 0.1) is 25.5 Å². The Balaban J connectivity index is 1.86. The second-order valence-corrected chi connectivity index (χ2v) is 6.63. The predicted molar refractivity (Wildman–Crippen MR) is 82.8 cm³/mol. The van der Waals surface area contributed by atoms with Gasteiger partial charge in [0, 0.05) is 12.2 Å². The molecule has 1 saturated heterocycles. The zero-order valence-corrected chi connectivity index (χ0v) is 13.7. The Morgan fingerprint density at radius 1 is 1.40 bits per heavy atom. The smallest absolute Gasteiger partial charge is 0.389 e. The minimum absolute atomic E-state index is 0.0319. The molecular weight excluding hydrogens is 363 g/mol. The first-order valence-electron chi connectivity index (χ1n) is 7.42. The van der Waals surface area contributed by atoms with Crippen LogP contribution in [0.5, 0.6) is 0 Å². The van der Waals surface area contributed by atoms with Gasteiger partial charge in [-0.3, -0.25) is 4.57 Å². The number of alkyl halides is 3. The van der Waals surface area contributed by atoms with Crippen molar-refractivity contribution in [3.63, 3.8) is 0 Å². The molecule has 2 aromatic rings. The number of nitrogens with two attached hydrogens (primary N) is 1. The lowest BCUT2D eigenvalue weighted by atomic mass is 10.2. The average molecular weight is 379 g/mol. The van der Waals surface area contributed by atoms with Gasteiger partial charge in [0.1, 0.15) is 11.6 Å². The first kappa shape index (κ1) is 18.2. The lowest BCUT2D eigenvalue weighted by molar-refractivity contribution is -0.129. The van der Waals surface area contributed by atoms with Crippen LogP contribution < -0.4 is 5.73 Å². The Hall–Kier alpha value is -1.63. The Morgan fingerprint density at radius 2 is 2.16 bits per heavy atom. The number of thioether (sulfide) groups is 1. The topological polar surface area (TPSA) is 119 Å². The van der Waals surface area contributed by atoms with Crippen LogP contribution in [0.15, 0.2) is 11.5 Å². The Morgan fingerprint density at radius 3 is 2.80 bits per heavy atom. The van der Waals surface area contributed by atoms with Gasteiger partial charge in [0.2, 0.25) is 0 Å². The van der Waals surface area contributed by atoms with Crippen molar-refractivity contribution < 1.29 is 28.1 Å². The summed E-state index contributed by atoms with van der Waals surface area (Å²) in [4.78, 5) is 12.2. The molecule has 3 heterocycles. The van der Waals surface area contributed by atoms with Crippen molar-refractivity contribution in [2.75, 3.05) is 18.1 Å². The SMILES string of the molecule is Nc1nc(SCCC(F)(F)F)nc2c1ncn2C1OC(CO)C[C@H]1O. The molecule has 12 heteroatoms. The highest BCUT2D eigenvalue weighted by Gasteiger charge is 2.36. The van der Waals surface area contributed by atoms with Gasteiger partial charge in [-0.05, 0) is 0 Å². The first-order valence-corrected chi connectivity index (χ1v) is 8.41. The zero-order valence-electron chi connectivity index (χ0n) is 12.8. The second kappa shape index (κ2) is 6.94. The Bertz CT molecular complexity index is 756. The monoisotopic (exact) mass is 379 g/mol. The number of hydrogen-bond donors (Lipinski definition) is 3. The molecule has 2 aromatic heterocycles. The van der Waals surface area contributed by atoms with Gasteiger partial charge in [0.15, 0.2) is 22.8 Å². The van der Waals surface area contributed by atoms with E-state index in [1.54, 1.807) is 0 Å². The maximum atomic E-state index is 12.3. The van der Waals surface area contributed by atoms with Crippen LogP contribution in [0.3, 0.4) is 0 Å². The number of halogens is 3. The molecule has 0 aromatic carbocycles. The summed E-state index contributed by atoms with van der Waals surface area (Å²) in [5.74, 6) is -0.206. The average Bonchev–Trinajstić information content (AvgIpc) is 3.09. The maximum absolute atomic E-state index is 12.3. The molecule has 2 unspecified atom stereocenters. The summed E-state index contributed by atoms with van der Waals surface area (Å²) in [5.41, 5.74) is 6.33. The molecule has 0 amide bonds. The van der Waals surface area contributed by atoms with Gasteiger partial charge in [-0.25, -0.2) is 15.0 Å². The summed E-state index contributed by atoms with van der Waals surface area (Å²) < 4.78 is 43.8. The fraction of sp³-hybridized carbons (Fsp3) is 0.615. The Kier molecular flexibility index (Phi) is 5.04. The van der Waals surface area contributed by atoms with E-state index < -0.39 is 31.0 Å². The van der Waals surface area contributed by atoms with E-state index in [0.29, 0.717) is 0 Å². The number of ether oxygens (including phenoxy) is 1. The number of anilines is 1. The third kappa shape index (κ3) is 3.97. The molecule has 1 aliphatic rings. The molecule has 0 radical (unpaired) electrons. The molecule has 4 N–H and O–H groups in total. The van der Waals surface area contributed by atoms with Crippen LogP contribution in [0.4, 0.5) is 19.0 Å². The quantitative estimate of drug-likeness (QED) is 0.522. The number of aliphatic hydroxyl groups excluding tert-OH is 2. The first-order chi connectivity index (χ1) is 11.8. The normalized spacial score (nSPS) is 24.3. The van der Waals surface area contributed by atoms with Gasteiger partial charge in [0.25, 0.3) is 0 Å². The zero-order chi connectivity index (χ0) is 18.2. The molecule has 0 spiro atoms. The van der Waals surface area contributed by atoms with E-state index in [1.165, 1.54) is 10.9 Å². The molecule has 0 saturated carbocycles. The third-order valence-electron chi connectivity index (χ3n) is 3.69. The van der Waals surface area contributed by atoms with Crippen molar-refractivity contribution in [3.05, 3.63) is 6.33 Å². The van der Waals surface area contributed by atoms with Gasteiger partial charge in [-0.2, -0.15) is 13.2 Å². The molecule has 1 aliphatic heterocycles. The number of hydrogen-bond acceptors (Lipinski definition) is 8. The summed E-state index contributed by atoms with van der Waals surface area (Å²) in [5, 5.41) is 19.3. The van der Waals surface area contributed by atoms with E-state index in [-0.39, 0.29) is 40.9 Å². The summed E-state index contributed by atoms with van der Waals surface area (Å²) in [6.07, 6.45) is -5.83. The van der Waals surface area contributed by atoms with Crippen molar-refractivity contribution >= 4 is 28.7 Å². The van der Waals surface area contributed by atoms with E-state index in [1.807, 2.05) is 0 Å². The van der Waals surface area contributed by atoms with Gasteiger partial charge < -0.3 is 20.7 Å².